The first kappa shape index (κ1) is 7.54. The molecule has 0 aliphatic rings. The van der Waals surface area contributed by atoms with Crippen LogP contribution in [0.3, 0.4) is 0 Å². The molecular formula is C7H9BrN2. The number of hydrogen-bond donors (Lipinski definition) is 1. The number of nitrogens with zero attached hydrogens (tertiary/aromatic N) is 1. The van der Waals surface area contributed by atoms with Gasteiger partial charge in [-0.3, -0.25) is 0 Å². The van der Waals surface area contributed by atoms with Crippen LogP contribution in [0.1, 0.15) is 6.92 Å². The van der Waals surface area contributed by atoms with E-state index < -0.39 is 0 Å². The summed E-state index contributed by atoms with van der Waals surface area (Å²) >= 11 is 3.26. The van der Waals surface area contributed by atoms with Gasteiger partial charge >= 0.3 is 0 Å². The fraction of sp³-hybridized carbons (Fsp3) is 0.286. The zero-order chi connectivity index (χ0) is 7.40. The van der Waals surface area contributed by atoms with Crippen LogP contribution in [-0.2, 0) is 0 Å². The maximum atomic E-state index is 4.05. The van der Waals surface area contributed by atoms with E-state index in [0.29, 0.717) is 0 Å². The molecule has 0 atom stereocenters. The van der Waals surface area contributed by atoms with Crippen molar-refractivity contribution in [2.45, 2.75) is 6.92 Å². The van der Waals surface area contributed by atoms with Gasteiger partial charge in [-0.2, -0.15) is 0 Å². The molecule has 0 amide bonds. The maximum absolute atomic E-state index is 4.05. The highest BCUT2D eigenvalue weighted by molar-refractivity contribution is 9.10. The summed E-state index contributed by atoms with van der Waals surface area (Å²) in [5.41, 5.74) is 1.06. The summed E-state index contributed by atoms with van der Waals surface area (Å²) in [4.78, 5) is 4.05. The topological polar surface area (TPSA) is 24.9 Å². The minimum atomic E-state index is 0.870. The predicted octanol–water partition coefficient (Wildman–Crippen LogP) is 2.28. The summed E-state index contributed by atoms with van der Waals surface area (Å²) in [5.74, 6) is 0. The van der Waals surface area contributed by atoms with Crippen molar-refractivity contribution in [3.05, 3.63) is 22.9 Å². The van der Waals surface area contributed by atoms with Gasteiger partial charge in [0.2, 0.25) is 0 Å². The van der Waals surface area contributed by atoms with Crippen molar-refractivity contribution in [1.82, 2.24) is 4.98 Å². The lowest BCUT2D eigenvalue weighted by Gasteiger charge is -2.00. The van der Waals surface area contributed by atoms with E-state index in [1.807, 2.05) is 12.1 Å². The van der Waals surface area contributed by atoms with Crippen LogP contribution in [0.5, 0.6) is 0 Å². The van der Waals surface area contributed by atoms with Gasteiger partial charge in [0.15, 0.2) is 0 Å². The van der Waals surface area contributed by atoms with E-state index in [2.05, 4.69) is 33.2 Å². The fourth-order valence-corrected chi connectivity index (χ4v) is 0.919. The normalized spacial score (nSPS) is 9.40. The standard InChI is InChI=1S/C7H9BrN2/c1-2-9-6-3-4-7(8)10-5-6/h3-5,9H,2H2,1H3. The fourth-order valence-electron chi connectivity index (χ4n) is 0.685. The number of aromatic nitrogens is 1. The first-order chi connectivity index (χ1) is 4.83. The zero-order valence-electron chi connectivity index (χ0n) is 5.76. The van der Waals surface area contributed by atoms with Crippen molar-refractivity contribution in [3.8, 4) is 0 Å². The molecule has 2 nitrogen and oxygen atoms in total. The molecule has 3 heteroatoms. The molecule has 0 radical (unpaired) electrons. The lowest BCUT2D eigenvalue weighted by molar-refractivity contribution is 1.18. The number of hydrogen-bond acceptors (Lipinski definition) is 2. The first-order valence-corrected chi connectivity index (χ1v) is 3.97. The minimum absolute atomic E-state index is 0.870. The molecule has 1 rings (SSSR count). The van der Waals surface area contributed by atoms with E-state index >= 15 is 0 Å². The van der Waals surface area contributed by atoms with Gasteiger partial charge in [0.05, 0.1) is 11.9 Å². The Morgan fingerprint density at radius 1 is 1.60 bits per heavy atom. The van der Waals surface area contributed by atoms with E-state index in [0.717, 1.165) is 16.8 Å². The van der Waals surface area contributed by atoms with Crippen molar-refractivity contribution < 1.29 is 0 Å². The SMILES string of the molecule is CCNc1ccc(Br)nc1. The molecule has 0 saturated heterocycles. The minimum Gasteiger partial charge on any atom is -0.384 e. The second-order valence-electron chi connectivity index (χ2n) is 1.90. The Morgan fingerprint density at radius 3 is 2.90 bits per heavy atom. The lowest BCUT2D eigenvalue weighted by Crippen LogP contribution is -1.95. The molecule has 1 aromatic heterocycles. The molecule has 0 aliphatic carbocycles. The molecule has 0 aliphatic heterocycles. The van der Waals surface area contributed by atoms with E-state index in [-0.39, 0.29) is 0 Å². The highest BCUT2D eigenvalue weighted by Crippen LogP contribution is 2.09. The average molecular weight is 201 g/mol. The Kier molecular flexibility index (Phi) is 2.68. The maximum Gasteiger partial charge on any atom is 0.106 e. The molecule has 1 heterocycles. The van der Waals surface area contributed by atoms with Gasteiger partial charge in [0.25, 0.3) is 0 Å². The van der Waals surface area contributed by atoms with Gasteiger partial charge in [-0.05, 0) is 35.0 Å². The van der Waals surface area contributed by atoms with Crippen molar-refractivity contribution in [1.29, 1.82) is 0 Å². The monoisotopic (exact) mass is 200 g/mol. The van der Waals surface area contributed by atoms with Crippen molar-refractivity contribution in [3.63, 3.8) is 0 Å². The number of anilines is 1. The van der Waals surface area contributed by atoms with Gasteiger partial charge in [0, 0.05) is 6.54 Å². The van der Waals surface area contributed by atoms with Crippen LogP contribution in [0.25, 0.3) is 0 Å². The van der Waals surface area contributed by atoms with Crippen LogP contribution >= 0.6 is 15.9 Å². The summed E-state index contributed by atoms with van der Waals surface area (Å²) < 4.78 is 0.870. The smallest absolute Gasteiger partial charge is 0.106 e. The third kappa shape index (κ3) is 1.99. The largest absolute Gasteiger partial charge is 0.384 e. The predicted molar refractivity (Wildman–Crippen MR) is 46.1 cm³/mol. The van der Waals surface area contributed by atoms with Gasteiger partial charge in [-0.25, -0.2) is 4.98 Å². The molecule has 0 saturated carbocycles. The van der Waals surface area contributed by atoms with Gasteiger partial charge in [-0.15, -0.1) is 0 Å². The molecular weight excluding hydrogens is 192 g/mol. The molecule has 0 fully saturated rings. The molecule has 54 valence electrons. The molecule has 1 aromatic rings. The summed E-state index contributed by atoms with van der Waals surface area (Å²) in [6.07, 6.45) is 1.80. The summed E-state index contributed by atoms with van der Waals surface area (Å²) in [6, 6.07) is 3.90. The van der Waals surface area contributed by atoms with E-state index in [1.54, 1.807) is 6.20 Å². The number of nitrogens with one attached hydrogen (secondary N) is 1. The Morgan fingerprint density at radius 2 is 2.40 bits per heavy atom. The Balaban J connectivity index is 2.69. The van der Waals surface area contributed by atoms with Crippen LogP contribution < -0.4 is 5.32 Å². The molecule has 10 heavy (non-hydrogen) atoms. The highest BCUT2D eigenvalue weighted by atomic mass is 79.9. The lowest BCUT2D eigenvalue weighted by atomic mass is 10.4. The van der Waals surface area contributed by atoms with Crippen molar-refractivity contribution in [2.24, 2.45) is 0 Å². The molecule has 0 bridgehead atoms. The Labute approximate surface area is 68.8 Å². The van der Waals surface area contributed by atoms with Gasteiger partial charge < -0.3 is 5.32 Å². The Hall–Kier alpha value is -0.570. The first-order valence-electron chi connectivity index (χ1n) is 3.18. The van der Waals surface area contributed by atoms with Crippen LogP contribution in [0.15, 0.2) is 22.9 Å². The number of halogens is 1. The van der Waals surface area contributed by atoms with Crippen molar-refractivity contribution >= 4 is 21.6 Å². The molecule has 1 N–H and O–H groups in total. The van der Waals surface area contributed by atoms with Gasteiger partial charge in [0.1, 0.15) is 4.60 Å². The van der Waals surface area contributed by atoms with Crippen LogP contribution in [0.4, 0.5) is 5.69 Å². The summed E-state index contributed by atoms with van der Waals surface area (Å²) in [6.45, 7) is 2.99. The van der Waals surface area contributed by atoms with E-state index in [1.165, 1.54) is 0 Å². The molecule has 0 aromatic carbocycles. The summed E-state index contributed by atoms with van der Waals surface area (Å²) in [7, 11) is 0. The van der Waals surface area contributed by atoms with E-state index in [9.17, 15) is 0 Å². The second kappa shape index (κ2) is 3.56. The van der Waals surface area contributed by atoms with Crippen LogP contribution in [0.2, 0.25) is 0 Å². The van der Waals surface area contributed by atoms with E-state index in [4.69, 9.17) is 0 Å². The van der Waals surface area contributed by atoms with Gasteiger partial charge in [-0.1, -0.05) is 0 Å². The number of rotatable bonds is 2. The highest BCUT2D eigenvalue weighted by Gasteiger charge is 1.88. The quantitative estimate of drug-likeness (QED) is 0.742. The number of pyridine rings is 1. The van der Waals surface area contributed by atoms with Crippen LogP contribution in [0, 0.1) is 0 Å². The summed E-state index contributed by atoms with van der Waals surface area (Å²) in [5, 5.41) is 3.15. The Bertz CT molecular complexity index is 195. The van der Waals surface area contributed by atoms with Crippen LogP contribution in [-0.4, -0.2) is 11.5 Å². The third-order valence-corrected chi connectivity index (χ3v) is 1.58. The third-order valence-electron chi connectivity index (χ3n) is 1.11. The average Bonchev–Trinajstić information content (AvgIpc) is 1.95. The zero-order valence-corrected chi connectivity index (χ0v) is 7.35. The molecule has 0 spiro atoms. The molecule has 0 unspecified atom stereocenters. The second-order valence-corrected chi connectivity index (χ2v) is 2.71. The van der Waals surface area contributed by atoms with Crippen molar-refractivity contribution in [2.75, 3.05) is 11.9 Å².